The number of carbonyl (C=O) groups is 1. The van der Waals surface area contributed by atoms with Crippen LogP contribution in [0.1, 0.15) is 20.8 Å². The van der Waals surface area contributed by atoms with Gasteiger partial charge in [-0.1, -0.05) is 12.1 Å². The molecule has 0 radical (unpaired) electrons. The first kappa shape index (κ1) is 21.1. The van der Waals surface area contributed by atoms with Crippen LogP contribution in [-0.2, 0) is 4.79 Å². The molecular weight excluding hydrogens is 393 g/mol. The highest BCUT2D eigenvalue weighted by molar-refractivity contribution is 5.96. The molecule has 0 aliphatic carbocycles. The van der Waals surface area contributed by atoms with Crippen LogP contribution in [-0.4, -0.2) is 35.5 Å². The number of nitrogens with one attached hydrogen (secondary N) is 1. The second kappa shape index (κ2) is 9.73. The van der Waals surface area contributed by atoms with Gasteiger partial charge in [0, 0.05) is 5.56 Å². The molecule has 3 aromatic rings. The third kappa shape index (κ3) is 4.86. The van der Waals surface area contributed by atoms with Crippen LogP contribution in [0.5, 0.6) is 17.2 Å². The van der Waals surface area contributed by atoms with E-state index in [-0.39, 0.29) is 11.6 Å². The van der Waals surface area contributed by atoms with E-state index in [0.717, 1.165) is 0 Å². The molecular formula is C21H22FN3O5. The molecule has 0 aliphatic rings. The average molecular weight is 415 g/mol. The molecule has 0 fully saturated rings. The lowest BCUT2D eigenvalue weighted by Gasteiger charge is -2.14. The number of hydrogen-bond acceptors (Lipinski definition) is 7. The van der Waals surface area contributed by atoms with Gasteiger partial charge in [0.25, 0.3) is 5.91 Å². The standard InChI is InChI=1S/C21H22FN3O5/c1-4-27-17-11-10-14(12-18(17)28-5-2)19-20(25-30-24-19)23-21(26)13(3)29-16-9-7-6-8-15(16)22/h6-13H,4-5H2,1-3H3,(H,23,25,26). The summed E-state index contributed by atoms with van der Waals surface area (Å²) in [6.45, 7) is 6.19. The molecule has 30 heavy (non-hydrogen) atoms. The number of amides is 1. The average Bonchev–Trinajstić information content (AvgIpc) is 3.19. The first-order valence-electron chi connectivity index (χ1n) is 9.48. The van der Waals surface area contributed by atoms with Crippen LogP contribution < -0.4 is 19.5 Å². The minimum absolute atomic E-state index is 0.0217. The van der Waals surface area contributed by atoms with E-state index in [1.54, 1.807) is 24.3 Å². The maximum Gasteiger partial charge on any atom is 0.266 e. The number of aromatic nitrogens is 2. The van der Waals surface area contributed by atoms with Crippen molar-refractivity contribution < 1.29 is 28.0 Å². The molecule has 0 bridgehead atoms. The summed E-state index contributed by atoms with van der Waals surface area (Å²) in [7, 11) is 0. The molecule has 8 nitrogen and oxygen atoms in total. The van der Waals surface area contributed by atoms with Gasteiger partial charge in [0.15, 0.2) is 34.9 Å². The largest absolute Gasteiger partial charge is 0.490 e. The van der Waals surface area contributed by atoms with Crippen molar-refractivity contribution in [3.05, 3.63) is 48.3 Å². The first-order chi connectivity index (χ1) is 14.5. The Morgan fingerprint density at radius 2 is 1.80 bits per heavy atom. The maximum atomic E-state index is 13.7. The Balaban J connectivity index is 1.77. The van der Waals surface area contributed by atoms with Crippen molar-refractivity contribution in [3.63, 3.8) is 0 Å². The van der Waals surface area contributed by atoms with Gasteiger partial charge in [0.05, 0.1) is 13.2 Å². The van der Waals surface area contributed by atoms with Gasteiger partial charge in [-0.3, -0.25) is 4.79 Å². The number of benzene rings is 2. The second-order valence-corrected chi connectivity index (χ2v) is 6.17. The zero-order valence-corrected chi connectivity index (χ0v) is 16.8. The van der Waals surface area contributed by atoms with Gasteiger partial charge in [-0.25, -0.2) is 9.02 Å². The fourth-order valence-electron chi connectivity index (χ4n) is 2.66. The van der Waals surface area contributed by atoms with Crippen LogP contribution in [0.15, 0.2) is 47.1 Å². The van der Waals surface area contributed by atoms with E-state index in [0.29, 0.717) is 36.0 Å². The van der Waals surface area contributed by atoms with E-state index in [2.05, 4.69) is 15.6 Å². The highest BCUT2D eigenvalue weighted by Gasteiger charge is 2.22. The minimum Gasteiger partial charge on any atom is -0.490 e. The molecule has 1 amide bonds. The van der Waals surface area contributed by atoms with E-state index in [4.69, 9.17) is 18.8 Å². The predicted molar refractivity (Wildman–Crippen MR) is 107 cm³/mol. The van der Waals surface area contributed by atoms with Crippen LogP contribution in [0.3, 0.4) is 0 Å². The molecule has 158 valence electrons. The van der Waals surface area contributed by atoms with Gasteiger partial charge >= 0.3 is 0 Å². The summed E-state index contributed by atoms with van der Waals surface area (Å²) in [4.78, 5) is 12.5. The summed E-state index contributed by atoms with van der Waals surface area (Å²) in [6.07, 6.45) is -0.981. The van der Waals surface area contributed by atoms with Crippen molar-refractivity contribution in [2.75, 3.05) is 18.5 Å². The molecule has 1 atom stereocenters. The zero-order valence-electron chi connectivity index (χ0n) is 16.8. The molecule has 9 heteroatoms. The van der Waals surface area contributed by atoms with Gasteiger partial charge < -0.3 is 19.5 Å². The summed E-state index contributed by atoms with van der Waals surface area (Å²) in [5, 5.41) is 10.2. The highest BCUT2D eigenvalue weighted by Crippen LogP contribution is 2.34. The van der Waals surface area contributed by atoms with Gasteiger partial charge in [-0.15, -0.1) is 0 Å². The number of halogens is 1. The lowest BCUT2D eigenvalue weighted by Crippen LogP contribution is -2.30. The Morgan fingerprint density at radius 3 is 2.53 bits per heavy atom. The Hall–Kier alpha value is -3.62. The van der Waals surface area contributed by atoms with Crippen molar-refractivity contribution in [3.8, 4) is 28.5 Å². The first-order valence-corrected chi connectivity index (χ1v) is 9.48. The molecule has 1 heterocycles. The minimum atomic E-state index is -0.981. The fraction of sp³-hybridized carbons (Fsp3) is 0.286. The van der Waals surface area contributed by atoms with Crippen molar-refractivity contribution in [1.82, 2.24) is 10.3 Å². The van der Waals surface area contributed by atoms with Crippen LogP contribution in [0.2, 0.25) is 0 Å². The molecule has 0 spiro atoms. The topological polar surface area (TPSA) is 95.7 Å². The fourth-order valence-corrected chi connectivity index (χ4v) is 2.66. The Labute approximate surface area is 172 Å². The summed E-state index contributed by atoms with van der Waals surface area (Å²) < 4.78 is 35.1. The second-order valence-electron chi connectivity index (χ2n) is 6.17. The summed E-state index contributed by atoms with van der Waals surface area (Å²) in [5.41, 5.74) is 0.923. The normalized spacial score (nSPS) is 11.6. The highest BCUT2D eigenvalue weighted by atomic mass is 19.1. The van der Waals surface area contributed by atoms with Crippen molar-refractivity contribution in [1.29, 1.82) is 0 Å². The van der Waals surface area contributed by atoms with E-state index in [9.17, 15) is 9.18 Å². The number of rotatable bonds is 9. The van der Waals surface area contributed by atoms with Gasteiger partial charge in [-0.05, 0) is 61.4 Å². The molecule has 1 N–H and O–H groups in total. The van der Waals surface area contributed by atoms with E-state index < -0.39 is 17.8 Å². The lowest BCUT2D eigenvalue weighted by molar-refractivity contribution is -0.122. The summed E-state index contributed by atoms with van der Waals surface area (Å²) in [5.74, 6) is 0.123. The van der Waals surface area contributed by atoms with Crippen LogP contribution in [0.25, 0.3) is 11.3 Å². The SMILES string of the molecule is CCOc1ccc(-c2nonc2NC(=O)C(C)Oc2ccccc2F)cc1OCC. The zero-order chi connectivity index (χ0) is 21.5. The number of anilines is 1. The summed E-state index contributed by atoms with van der Waals surface area (Å²) in [6, 6.07) is 11.1. The number of para-hydroxylation sites is 1. The number of carbonyl (C=O) groups excluding carboxylic acids is 1. The lowest BCUT2D eigenvalue weighted by atomic mass is 10.1. The van der Waals surface area contributed by atoms with Crippen LogP contribution in [0.4, 0.5) is 10.2 Å². The predicted octanol–water partition coefficient (Wildman–Crippen LogP) is 4.08. The Morgan fingerprint density at radius 1 is 1.07 bits per heavy atom. The van der Waals surface area contributed by atoms with E-state index in [1.165, 1.54) is 25.1 Å². The summed E-state index contributed by atoms with van der Waals surface area (Å²) >= 11 is 0. The quantitative estimate of drug-likeness (QED) is 0.563. The van der Waals surface area contributed by atoms with Crippen molar-refractivity contribution in [2.24, 2.45) is 0 Å². The van der Waals surface area contributed by atoms with Crippen molar-refractivity contribution >= 4 is 11.7 Å². The molecule has 0 aliphatic heterocycles. The monoisotopic (exact) mass is 415 g/mol. The molecule has 2 aromatic carbocycles. The van der Waals surface area contributed by atoms with Gasteiger partial charge in [-0.2, -0.15) is 0 Å². The number of ether oxygens (including phenoxy) is 3. The third-order valence-corrected chi connectivity index (χ3v) is 4.06. The smallest absolute Gasteiger partial charge is 0.266 e. The van der Waals surface area contributed by atoms with Crippen LogP contribution >= 0.6 is 0 Å². The maximum absolute atomic E-state index is 13.7. The number of hydrogen-bond donors (Lipinski definition) is 1. The van der Waals surface area contributed by atoms with E-state index >= 15 is 0 Å². The Bertz CT molecular complexity index is 1010. The molecule has 3 rings (SSSR count). The number of nitrogens with zero attached hydrogens (tertiary/aromatic N) is 2. The van der Waals surface area contributed by atoms with Gasteiger partial charge in [0.1, 0.15) is 0 Å². The molecule has 1 aromatic heterocycles. The molecule has 0 saturated heterocycles. The van der Waals surface area contributed by atoms with Gasteiger partial charge in [0.2, 0.25) is 5.82 Å². The Kier molecular flexibility index (Phi) is 6.84. The molecule has 1 unspecified atom stereocenters. The van der Waals surface area contributed by atoms with Crippen molar-refractivity contribution in [2.45, 2.75) is 26.9 Å². The molecule has 0 saturated carbocycles. The van der Waals surface area contributed by atoms with E-state index in [1.807, 2.05) is 13.8 Å². The van der Waals surface area contributed by atoms with Crippen LogP contribution in [0, 0.1) is 5.82 Å². The third-order valence-electron chi connectivity index (χ3n) is 4.06.